The van der Waals surface area contributed by atoms with E-state index in [0.717, 1.165) is 5.56 Å². The third-order valence-corrected chi connectivity index (χ3v) is 6.73. The van der Waals surface area contributed by atoms with Gasteiger partial charge in [-0.2, -0.15) is 0 Å². The molecule has 21 heavy (non-hydrogen) atoms. The van der Waals surface area contributed by atoms with Crippen LogP contribution in [0.3, 0.4) is 0 Å². The van der Waals surface area contributed by atoms with Crippen LogP contribution in [0.2, 0.25) is 25.2 Å². The summed E-state index contributed by atoms with van der Waals surface area (Å²) in [5.74, 6) is 0.498. The fraction of sp³-hybridized carbons (Fsp3) is 0.556. The van der Waals surface area contributed by atoms with Gasteiger partial charge in [0.25, 0.3) is 0 Å². The van der Waals surface area contributed by atoms with Crippen LogP contribution in [0.1, 0.15) is 25.5 Å². The Balaban J connectivity index is 2.98. The summed E-state index contributed by atoms with van der Waals surface area (Å²) in [6.45, 7) is 15.8. The molecule has 0 aliphatic rings. The molecule has 0 aliphatic heterocycles. The number of aliphatic hydroxyl groups excluding tert-OH is 1. The summed E-state index contributed by atoms with van der Waals surface area (Å²) < 4.78 is 0. The van der Waals surface area contributed by atoms with Gasteiger partial charge in [0.1, 0.15) is 0 Å². The fourth-order valence-corrected chi connectivity index (χ4v) is 5.19. The highest BCUT2D eigenvalue weighted by molar-refractivity contribution is 6.78. The minimum absolute atomic E-state index is 0.0163. The Morgan fingerprint density at radius 2 is 1.76 bits per heavy atom. The Labute approximate surface area is 131 Å². The summed E-state index contributed by atoms with van der Waals surface area (Å²) in [7, 11) is -1.36. The minimum atomic E-state index is -1.36. The summed E-state index contributed by atoms with van der Waals surface area (Å²) in [6, 6.07) is 10.5. The Morgan fingerprint density at radius 3 is 2.14 bits per heavy atom. The second kappa shape index (κ2) is 7.92. The molecule has 0 amide bonds. The van der Waals surface area contributed by atoms with E-state index in [0.29, 0.717) is 17.5 Å². The normalized spacial score (nSPS) is 16.5. The zero-order valence-corrected chi connectivity index (χ0v) is 15.1. The van der Waals surface area contributed by atoms with E-state index in [1.54, 1.807) is 0 Å². The molecule has 0 spiro atoms. The molecule has 1 rings (SSSR count). The quantitative estimate of drug-likeness (QED) is 0.556. The van der Waals surface area contributed by atoms with Crippen LogP contribution in [0.5, 0.6) is 0 Å². The van der Waals surface area contributed by atoms with Crippen LogP contribution in [-0.4, -0.2) is 25.8 Å². The van der Waals surface area contributed by atoms with Crippen molar-refractivity contribution in [2.24, 2.45) is 5.92 Å². The third kappa shape index (κ3) is 5.10. The Kier molecular flexibility index (Phi) is 6.85. The molecule has 2 nitrogen and oxygen atoms in total. The smallest absolute Gasteiger partial charge is 0.0626 e. The van der Waals surface area contributed by atoms with Crippen LogP contribution in [-0.2, 0) is 0 Å². The van der Waals surface area contributed by atoms with Crippen LogP contribution >= 0.6 is 0 Å². The van der Waals surface area contributed by atoms with E-state index in [1.165, 1.54) is 0 Å². The predicted octanol–water partition coefficient (Wildman–Crippen LogP) is 4.23. The van der Waals surface area contributed by atoms with E-state index >= 15 is 0 Å². The van der Waals surface area contributed by atoms with Crippen LogP contribution in [0.4, 0.5) is 0 Å². The van der Waals surface area contributed by atoms with E-state index in [2.05, 4.69) is 63.6 Å². The van der Waals surface area contributed by atoms with Gasteiger partial charge in [-0.1, -0.05) is 69.9 Å². The third-order valence-electron chi connectivity index (χ3n) is 4.14. The zero-order valence-electron chi connectivity index (χ0n) is 14.1. The van der Waals surface area contributed by atoms with Gasteiger partial charge in [-0.3, -0.25) is 0 Å². The molecule has 3 atom stereocenters. The Hall–Kier alpha value is -0.903. The monoisotopic (exact) mass is 305 g/mol. The van der Waals surface area contributed by atoms with Crippen LogP contribution in [0, 0.1) is 5.92 Å². The van der Waals surface area contributed by atoms with Crippen LogP contribution in [0.25, 0.3) is 0 Å². The second-order valence-corrected chi connectivity index (χ2v) is 12.6. The van der Waals surface area contributed by atoms with Crippen molar-refractivity contribution < 1.29 is 5.11 Å². The SMILES string of the molecule is C=C[C@@H]([C@H](N[C@H](CO)c1ccccc1)C(C)C)[Si](C)(C)C. The van der Waals surface area contributed by atoms with Gasteiger partial charge >= 0.3 is 0 Å². The van der Waals surface area contributed by atoms with Gasteiger partial charge in [0.15, 0.2) is 0 Å². The van der Waals surface area contributed by atoms with Crippen molar-refractivity contribution in [2.75, 3.05) is 6.61 Å². The first-order chi connectivity index (χ1) is 9.81. The van der Waals surface area contributed by atoms with Crippen LogP contribution < -0.4 is 5.32 Å². The average molecular weight is 306 g/mol. The van der Waals surface area contributed by atoms with E-state index < -0.39 is 8.07 Å². The van der Waals surface area contributed by atoms with Crippen molar-refractivity contribution in [3.63, 3.8) is 0 Å². The molecule has 1 aromatic carbocycles. The first kappa shape index (κ1) is 18.1. The first-order valence-electron chi connectivity index (χ1n) is 7.85. The van der Waals surface area contributed by atoms with E-state index in [4.69, 9.17) is 0 Å². The maximum absolute atomic E-state index is 9.79. The lowest BCUT2D eigenvalue weighted by Crippen LogP contribution is -2.47. The highest BCUT2D eigenvalue weighted by Crippen LogP contribution is 2.32. The summed E-state index contributed by atoms with van der Waals surface area (Å²) >= 11 is 0. The van der Waals surface area contributed by atoms with Crippen molar-refractivity contribution in [2.45, 2.75) is 51.1 Å². The van der Waals surface area contributed by atoms with E-state index in [1.807, 2.05) is 18.2 Å². The number of rotatable bonds is 8. The lowest BCUT2D eigenvalue weighted by atomic mass is 9.97. The van der Waals surface area contributed by atoms with Gasteiger partial charge < -0.3 is 10.4 Å². The maximum Gasteiger partial charge on any atom is 0.0626 e. The first-order valence-corrected chi connectivity index (χ1v) is 11.4. The van der Waals surface area contributed by atoms with Gasteiger partial charge in [-0.05, 0) is 17.0 Å². The molecule has 0 aliphatic carbocycles. The zero-order chi connectivity index (χ0) is 16.0. The standard InChI is InChI=1S/C18H31NOSi/c1-7-17(21(4,5)6)18(14(2)3)19-16(13-20)15-11-9-8-10-12-15/h7-12,14,16-20H,1,13H2,2-6H3/t16-,17+,18-/m1/s1. The fourth-order valence-electron chi connectivity index (χ4n) is 2.92. The molecular weight excluding hydrogens is 274 g/mol. The van der Waals surface area contributed by atoms with E-state index in [9.17, 15) is 5.11 Å². The molecule has 0 fully saturated rings. The van der Waals surface area contributed by atoms with Gasteiger partial charge in [0, 0.05) is 6.04 Å². The highest BCUT2D eigenvalue weighted by atomic mass is 28.3. The predicted molar refractivity (Wildman–Crippen MR) is 95.3 cm³/mol. The lowest BCUT2D eigenvalue weighted by Gasteiger charge is -2.39. The largest absolute Gasteiger partial charge is 0.394 e. The Morgan fingerprint density at radius 1 is 1.19 bits per heavy atom. The minimum Gasteiger partial charge on any atom is -0.394 e. The number of benzene rings is 1. The van der Waals surface area contributed by atoms with Gasteiger partial charge in [-0.15, -0.1) is 6.58 Å². The van der Waals surface area contributed by atoms with Crippen molar-refractivity contribution in [1.82, 2.24) is 5.32 Å². The number of nitrogens with one attached hydrogen (secondary N) is 1. The van der Waals surface area contributed by atoms with Crippen molar-refractivity contribution >= 4 is 8.07 Å². The lowest BCUT2D eigenvalue weighted by molar-refractivity contribution is 0.220. The molecule has 0 saturated heterocycles. The molecule has 1 aromatic rings. The van der Waals surface area contributed by atoms with Crippen LogP contribution in [0.15, 0.2) is 43.0 Å². The molecule has 3 heteroatoms. The molecule has 0 saturated carbocycles. The highest BCUT2D eigenvalue weighted by Gasteiger charge is 2.34. The molecule has 0 radical (unpaired) electrons. The van der Waals surface area contributed by atoms with Gasteiger partial charge in [-0.25, -0.2) is 0 Å². The molecule has 0 aromatic heterocycles. The van der Waals surface area contributed by atoms with Crippen molar-refractivity contribution in [3.8, 4) is 0 Å². The molecule has 0 unspecified atom stereocenters. The molecule has 2 N–H and O–H groups in total. The second-order valence-electron chi connectivity index (χ2n) is 7.21. The molecular formula is C18H31NOSi. The van der Waals surface area contributed by atoms with Gasteiger partial charge in [0.05, 0.1) is 20.7 Å². The number of aliphatic hydroxyl groups is 1. The molecule has 0 heterocycles. The van der Waals surface area contributed by atoms with Crippen molar-refractivity contribution in [3.05, 3.63) is 48.6 Å². The average Bonchev–Trinajstić information content (AvgIpc) is 2.42. The summed E-state index contributed by atoms with van der Waals surface area (Å²) in [4.78, 5) is 0. The summed E-state index contributed by atoms with van der Waals surface area (Å²) in [6.07, 6.45) is 2.11. The number of hydrogen-bond donors (Lipinski definition) is 2. The van der Waals surface area contributed by atoms with Gasteiger partial charge in [0.2, 0.25) is 0 Å². The summed E-state index contributed by atoms with van der Waals surface area (Å²) in [5.41, 5.74) is 1.62. The summed E-state index contributed by atoms with van der Waals surface area (Å²) in [5, 5.41) is 13.5. The van der Waals surface area contributed by atoms with Crippen molar-refractivity contribution in [1.29, 1.82) is 0 Å². The van der Waals surface area contributed by atoms with E-state index in [-0.39, 0.29) is 12.6 Å². The Bertz CT molecular complexity index is 425. The maximum atomic E-state index is 9.79. The number of hydrogen-bond acceptors (Lipinski definition) is 2. The molecule has 0 bridgehead atoms. The molecule has 118 valence electrons. The topological polar surface area (TPSA) is 32.3 Å².